The van der Waals surface area contributed by atoms with Crippen molar-refractivity contribution in [3.8, 4) is 0 Å². The van der Waals surface area contributed by atoms with Crippen molar-refractivity contribution in [2.45, 2.75) is 86.4 Å². The van der Waals surface area contributed by atoms with Gasteiger partial charge in [-0.3, -0.25) is 14.4 Å². The molecular weight excluding hydrogens is 816 g/mol. The number of aliphatic carboxylic acids is 3. The van der Waals surface area contributed by atoms with Crippen LogP contribution in [0, 0.1) is 17.8 Å². The van der Waals surface area contributed by atoms with Gasteiger partial charge < -0.3 is 106 Å². The average Bonchev–Trinajstić information content (AvgIpc) is 4.16. The number of carbonyl (C=O) groups is 3. The van der Waals surface area contributed by atoms with Gasteiger partial charge in [-0.1, -0.05) is 36.5 Å². The molecule has 0 radical (unpaired) electrons. The van der Waals surface area contributed by atoms with Gasteiger partial charge in [0.25, 0.3) is 0 Å². The normalized spacial score (nSPS) is 26.3. The van der Waals surface area contributed by atoms with E-state index in [2.05, 4.69) is 0 Å². The third-order valence-corrected chi connectivity index (χ3v) is 8.25. The van der Waals surface area contributed by atoms with Gasteiger partial charge in [0.2, 0.25) is 0 Å². The van der Waals surface area contributed by atoms with Gasteiger partial charge in [0.1, 0.15) is 30.5 Å². The number of hydrogen-bond donors (Lipinski definition) is 18. The van der Waals surface area contributed by atoms with E-state index in [1.54, 1.807) is 0 Å². The van der Waals surface area contributed by atoms with Crippen molar-refractivity contribution >= 4 is 17.9 Å². The Kier molecular flexibility index (Phi) is 33.9. The molecular formula is C36H64O24. The van der Waals surface area contributed by atoms with E-state index in [-0.39, 0.29) is 120 Å². The van der Waals surface area contributed by atoms with Crippen molar-refractivity contribution in [2.75, 3.05) is 66.1 Å². The maximum atomic E-state index is 10.5. The third kappa shape index (κ3) is 25.0. The van der Waals surface area contributed by atoms with Gasteiger partial charge in [-0.2, -0.15) is 0 Å². The SMILES string of the molecule is O=C(O)C1CC2C=CC1O2.O=C(O)C1CC2C=CC1O2.O=C(O)C1CC2C=CC1O2.OCC(O)CO.OCC(O)CO.OCC(O)CO.OCC(O)CO.OCC(O)CO. The van der Waals surface area contributed by atoms with Crippen LogP contribution < -0.4 is 0 Å². The summed E-state index contributed by atoms with van der Waals surface area (Å²) in [6, 6.07) is 0. The largest absolute Gasteiger partial charge is 0.481 e. The van der Waals surface area contributed by atoms with E-state index in [1.807, 2.05) is 36.5 Å². The summed E-state index contributed by atoms with van der Waals surface area (Å²) in [4.78, 5) is 31.4. The van der Waals surface area contributed by atoms with E-state index >= 15 is 0 Å². The third-order valence-electron chi connectivity index (χ3n) is 8.25. The van der Waals surface area contributed by atoms with Gasteiger partial charge in [-0.15, -0.1) is 0 Å². The Balaban J connectivity index is 0. The molecule has 9 unspecified atom stereocenters. The highest BCUT2D eigenvalue weighted by Crippen LogP contribution is 2.35. The molecule has 6 heterocycles. The molecule has 60 heavy (non-hydrogen) atoms. The summed E-state index contributed by atoms with van der Waals surface area (Å²) in [6.07, 6.45) is 8.28. The van der Waals surface area contributed by atoms with Crippen molar-refractivity contribution in [2.24, 2.45) is 17.8 Å². The van der Waals surface area contributed by atoms with Crippen molar-refractivity contribution in [1.29, 1.82) is 0 Å². The molecule has 6 rings (SSSR count). The fraction of sp³-hybridized carbons (Fsp3) is 0.750. The van der Waals surface area contributed by atoms with Crippen LogP contribution in [0.1, 0.15) is 19.3 Å². The fourth-order valence-corrected chi connectivity index (χ4v) is 4.83. The summed E-state index contributed by atoms with van der Waals surface area (Å²) in [5.74, 6) is -3.11. The molecule has 0 amide bonds. The van der Waals surface area contributed by atoms with E-state index in [4.69, 9.17) is 106 Å². The molecule has 6 aliphatic rings. The molecule has 24 nitrogen and oxygen atoms in total. The highest BCUT2D eigenvalue weighted by atomic mass is 16.5. The lowest BCUT2D eigenvalue weighted by Gasteiger charge is -2.08. The predicted molar refractivity (Wildman–Crippen MR) is 202 cm³/mol. The van der Waals surface area contributed by atoms with Gasteiger partial charge in [0.15, 0.2) is 0 Å². The Morgan fingerprint density at radius 1 is 0.367 bits per heavy atom. The molecule has 0 aromatic rings. The molecule has 3 saturated heterocycles. The number of rotatable bonds is 13. The number of carboxylic acids is 3. The first-order valence-electron chi connectivity index (χ1n) is 18.5. The second kappa shape index (κ2) is 34.5. The second-order valence-electron chi connectivity index (χ2n) is 13.2. The highest BCUT2D eigenvalue weighted by Gasteiger charge is 2.42. The summed E-state index contributed by atoms with van der Waals surface area (Å²) in [5.41, 5.74) is 0. The molecule has 0 spiro atoms. The monoisotopic (exact) mass is 880 g/mol. The number of aliphatic hydroxyl groups excluding tert-OH is 15. The number of aliphatic hydroxyl groups is 15. The van der Waals surface area contributed by atoms with Crippen molar-refractivity contribution < 1.29 is 121 Å². The molecule has 9 atom stereocenters. The summed E-state index contributed by atoms with van der Waals surface area (Å²) in [5, 5.41) is 146. The molecule has 352 valence electrons. The molecule has 0 aliphatic carbocycles. The maximum absolute atomic E-state index is 10.5. The molecule has 0 aromatic carbocycles. The summed E-state index contributed by atoms with van der Waals surface area (Å²) < 4.78 is 15.8. The highest BCUT2D eigenvalue weighted by molar-refractivity contribution is 5.73. The first-order valence-corrected chi connectivity index (χ1v) is 18.5. The molecule has 0 aromatic heterocycles. The maximum Gasteiger partial charge on any atom is 0.309 e. The molecule has 0 saturated carbocycles. The van der Waals surface area contributed by atoms with E-state index in [1.165, 1.54) is 0 Å². The Morgan fingerprint density at radius 3 is 0.583 bits per heavy atom. The second-order valence-corrected chi connectivity index (χ2v) is 13.2. The van der Waals surface area contributed by atoms with Gasteiger partial charge in [-0.05, 0) is 19.3 Å². The Bertz CT molecular complexity index is 1040. The van der Waals surface area contributed by atoms with Crippen molar-refractivity contribution in [3.63, 3.8) is 0 Å². The van der Waals surface area contributed by atoms with Crippen LogP contribution in [0.2, 0.25) is 0 Å². The Labute approximate surface area is 345 Å². The standard InChI is InChI=1S/3C7H8O3.5C3H8O3/c3*8-7(9)5-3-4-1-2-6(5)10-4;5*4-1-3(6)2-5/h3*1-2,4-6H,3H2,(H,8,9);5*3-6H,1-2H2. The zero-order valence-corrected chi connectivity index (χ0v) is 32.7. The van der Waals surface area contributed by atoms with Gasteiger partial charge in [0.05, 0.1) is 120 Å². The first-order chi connectivity index (χ1) is 28.4. The molecule has 6 aliphatic heterocycles. The summed E-state index contributed by atoms with van der Waals surface area (Å²) >= 11 is 0. The van der Waals surface area contributed by atoms with E-state index < -0.39 is 48.4 Å². The van der Waals surface area contributed by atoms with Crippen LogP contribution in [-0.4, -0.2) is 243 Å². The predicted octanol–water partition coefficient (Wildman–Crippen LogP) is -7.10. The minimum atomic E-state index is -0.954. The van der Waals surface area contributed by atoms with E-state index in [0.29, 0.717) is 19.3 Å². The molecule has 24 heteroatoms. The topological polar surface area (TPSA) is 443 Å². The average molecular weight is 881 g/mol. The summed E-state index contributed by atoms with van der Waals surface area (Å²) in [6.45, 7) is -3.65. The lowest BCUT2D eigenvalue weighted by molar-refractivity contribution is -0.143. The quantitative estimate of drug-likeness (QED) is 0.0764. The Morgan fingerprint density at radius 2 is 0.533 bits per heavy atom. The minimum absolute atomic E-state index is 0.0751. The zero-order valence-electron chi connectivity index (χ0n) is 32.7. The van der Waals surface area contributed by atoms with E-state index in [0.717, 1.165) is 0 Å². The lowest BCUT2D eigenvalue weighted by atomic mass is 9.95. The minimum Gasteiger partial charge on any atom is -0.481 e. The number of hydrogen-bond acceptors (Lipinski definition) is 21. The molecule has 18 N–H and O–H groups in total. The van der Waals surface area contributed by atoms with Gasteiger partial charge in [0, 0.05) is 0 Å². The smallest absolute Gasteiger partial charge is 0.309 e. The van der Waals surface area contributed by atoms with Crippen LogP contribution in [0.3, 0.4) is 0 Å². The van der Waals surface area contributed by atoms with Crippen LogP contribution in [-0.2, 0) is 28.6 Å². The lowest BCUT2D eigenvalue weighted by Crippen LogP contribution is -2.22. The number of fused-ring (bicyclic) bond motifs is 6. The van der Waals surface area contributed by atoms with Crippen molar-refractivity contribution in [3.05, 3.63) is 36.5 Å². The van der Waals surface area contributed by atoms with Crippen LogP contribution in [0.4, 0.5) is 0 Å². The van der Waals surface area contributed by atoms with Gasteiger partial charge in [-0.25, -0.2) is 0 Å². The number of carboxylic acid groups (broad SMARTS) is 3. The van der Waals surface area contributed by atoms with Crippen LogP contribution in [0.5, 0.6) is 0 Å². The number of ether oxygens (including phenoxy) is 3. The first kappa shape index (κ1) is 59.0. The van der Waals surface area contributed by atoms with Gasteiger partial charge >= 0.3 is 17.9 Å². The molecule has 6 bridgehead atoms. The zero-order chi connectivity index (χ0) is 46.4. The Hall–Kier alpha value is -3.09. The fourth-order valence-electron chi connectivity index (χ4n) is 4.83. The van der Waals surface area contributed by atoms with Crippen molar-refractivity contribution in [1.82, 2.24) is 0 Å². The van der Waals surface area contributed by atoms with Crippen LogP contribution in [0.25, 0.3) is 0 Å². The molecule has 3 fully saturated rings. The van der Waals surface area contributed by atoms with Crippen LogP contribution in [0.15, 0.2) is 36.5 Å². The summed E-state index contributed by atoms with van der Waals surface area (Å²) in [7, 11) is 0. The van der Waals surface area contributed by atoms with Crippen LogP contribution >= 0.6 is 0 Å². The van der Waals surface area contributed by atoms with E-state index in [9.17, 15) is 14.4 Å².